The van der Waals surface area contributed by atoms with Gasteiger partial charge < -0.3 is 29.8 Å². The van der Waals surface area contributed by atoms with Crippen LogP contribution in [0.2, 0.25) is 0 Å². The van der Waals surface area contributed by atoms with Crippen LogP contribution < -0.4 is 21.0 Å². The summed E-state index contributed by atoms with van der Waals surface area (Å²) >= 11 is 0. The highest BCUT2D eigenvalue weighted by Crippen LogP contribution is 2.39. The summed E-state index contributed by atoms with van der Waals surface area (Å²) < 4.78 is 11.1. The van der Waals surface area contributed by atoms with E-state index in [-0.39, 0.29) is 31.5 Å². The molecule has 1 saturated heterocycles. The zero-order valence-electron chi connectivity index (χ0n) is 21.6. The minimum Gasteiger partial charge on any atom is -0.483 e. The van der Waals surface area contributed by atoms with E-state index in [0.717, 1.165) is 31.2 Å². The highest BCUT2D eigenvalue weighted by atomic mass is 16.5. The van der Waals surface area contributed by atoms with Gasteiger partial charge in [0.15, 0.2) is 6.61 Å². The molecule has 200 valence electrons. The lowest BCUT2D eigenvalue weighted by molar-refractivity contribution is -0.143. The van der Waals surface area contributed by atoms with Crippen LogP contribution in [0.1, 0.15) is 48.8 Å². The highest BCUT2D eigenvalue weighted by molar-refractivity contribution is 5.90. The number of piperidine rings is 1. The summed E-state index contributed by atoms with van der Waals surface area (Å²) in [5.74, 6) is -0.684. The van der Waals surface area contributed by atoms with E-state index in [4.69, 9.17) is 9.15 Å². The van der Waals surface area contributed by atoms with Crippen molar-refractivity contribution in [1.29, 1.82) is 0 Å². The largest absolute Gasteiger partial charge is 0.483 e. The molecule has 0 bridgehead atoms. The van der Waals surface area contributed by atoms with Gasteiger partial charge in [0.05, 0.1) is 24.1 Å². The van der Waals surface area contributed by atoms with Crippen molar-refractivity contribution < 1.29 is 28.6 Å². The van der Waals surface area contributed by atoms with Gasteiger partial charge in [-0.15, -0.1) is 0 Å². The van der Waals surface area contributed by atoms with Gasteiger partial charge in [-0.3, -0.25) is 14.4 Å². The maximum Gasteiger partial charge on any atom is 0.339 e. The van der Waals surface area contributed by atoms with E-state index in [1.165, 1.54) is 0 Å². The maximum atomic E-state index is 12.6. The Balaban J connectivity index is 1.24. The van der Waals surface area contributed by atoms with Crippen LogP contribution in [0.3, 0.4) is 0 Å². The molecular formula is C27H35N3O7. The van der Waals surface area contributed by atoms with E-state index in [1.54, 1.807) is 30.9 Å². The molecule has 0 spiro atoms. The molecule has 0 unspecified atom stereocenters. The molecule has 1 aliphatic carbocycles. The van der Waals surface area contributed by atoms with E-state index >= 15 is 0 Å². The molecule has 1 aromatic carbocycles. The van der Waals surface area contributed by atoms with E-state index in [1.807, 2.05) is 6.92 Å². The van der Waals surface area contributed by atoms with E-state index in [9.17, 15) is 24.3 Å². The number of nitrogens with zero attached hydrogens (tertiary/aromatic N) is 1. The van der Waals surface area contributed by atoms with Crippen LogP contribution in [0.15, 0.2) is 21.3 Å². The van der Waals surface area contributed by atoms with Gasteiger partial charge in [0, 0.05) is 24.6 Å². The molecule has 3 N–H and O–H groups in total. The predicted molar refractivity (Wildman–Crippen MR) is 136 cm³/mol. The first kappa shape index (κ1) is 26.7. The first-order valence-corrected chi connectivity index (χ1v) is 12.8. The second-order valence-electron chi connectivity index (χ2n) is 10.3. The summed E-state index contributed by atoms with van der Waals surface area (Å²) in [5.41, 5.74) is 1.29. The Morgan fingerprint density at radius 1 is 1.08 bits per heavy atom. The number of amides is 3. The number of carbonyl (C=O) groups is 3. The number of nitrogens with one attached hydrogen (secondary N) is 2. The third-order valence-corrected chi connectivity index (χ3v) is 7.68. The van der Waals surface area contributed by atoms with Gasteiger partial charge >= 0.3 is 5.63 Å². The second kappa shape index (κ2) is 10.9. The summed E-state index contributed by atoms with van der Waals surface area (Å²) in [6, 6.07) is 3.50. The molecule has 10 nitrogen and oxygen atoms in total. The van der Waals surface area contributed by atoms with Crippen LogP contribution >= 0.6 is 0 Å². The van der Waals surface area contributed by atoms with Gasteiger partial charge in [-0.2, -0.15) is 0 Å². The molecule has 37 heavy (non-hydrogen) atoms. The minimum absolute atomic E-state index is 0.0863. The maximum absolute atomic E-state index is 12.6. The average Bonchev–Trinajstić information content (AvgIpc) is 2.86. The van der Waals surface area contributed by atoms with Gasteiger partial charge in [0.2, 0.25) is 11.8 Å². The Bertz CT molecular complexity index is 1270. The molecule has 2 fully saturated rings. The summed E-state index contributed by atoms with van der Waals surface area (Å²) in [6.45, 7) is 5.49. The number of aliphatic hydroxyl groups is 1. The lowest BCUT2D eigenvalue weighted by Crippen LogP contribution is -2.56. The quantitative estimate of drug-likeness (QED) is 0.477. The van der Waals surface area contributed by atoms with Crippen molar-refractivity contribution in [2.24, 2.45) is 5.92 Å². The molecule has 1 aromatic heterocycles. The van der Waals surface area contributed by atoms with Crippen molar-refractivity contribution in [2.75, 3.05) is 32.8 Å². The van der Waals surface area contributed by atoms with Gasteiger partial charge in [0.25, 0.3) is 5.91 Å². The SMILES string of the molecule is Cc1cc(OCC(=O)NCC(=O)NCC(=O)N2CC[C@]3(O)CCCC[C@H]3C2)c2c(C)c(C)c(=O)oc2c1. The predicted octanol–water partition coefficient (Wildman–Crippen LogP) is 1.48. The fourth-order valence-corrected chi connectivity index (χ4v) is 5.32. The van der Waals surface area contributed by atoms with E-state index in [2.05, 4.69) is 10.6 Å². The monoisotopic (exact) mass is 513 g/mol. The summed E-state index contributed by atoms with van der Waals surface area (Å²) in [6.07, 6.45) is 4.34. The zero-order valence-corrected chi connectivity index (χ0v) is 21.6. The average molecular weight is 514 g/mol. The Hall–Kier alpha value is -3.40. The van der Waals surface area contributed by atoms with Gasteiger partial charge in [-0.25, -0.2) is 4.79 Å². The summed E-state index contributed by atoms with van der Waals surface area (Å²) in [5, 5.41) is 16.4. The molecule has 10 heteroatoms. The zero-order chi connectivity index (χ0) is 26.7. The standard InChI is InChI=1S/C27H35N3O7/c1-16-10-20(25-17(2)18(3)26(34)37-21(25)11-16)36-15-23(32)28-12-22(31)29-13-24(33)30-9-8-27(35)7-5-4-6-19(27)14-30/h10-11,19,35H,4-9,12-15H2,1-3H3,(H,28,32)(H,29,31)/t19-,27+/m0/s1. The number of carbonyl (C=O) groups excluding carboxylic acids is 3. The number of aryl methyl sites for hydroxylation is 2. The molecule has 0 radical (unpaired) electrons. The Morgan fingerprint density at radius 2 is 1.84 bits per heavy atom. The normalized spacial score (nSPS) is 21.3. The van der Waals surface area contributed by atoms with Crippen LogP contribution in [-0.2, 0) is 14.4 Å². The fourth-order valence-electron chi connectivity index (χ4n) is 5.32. The van der Waals surface area contributed by atoms with Crippen LogP contribution in [0.25, 0.3) is 11.0 Å². The van der Waals surface area contributed by atoms with Crippen molar-refractivity contribution in [3.05, 3.63) is 39.2 Å². The topological polar surface area (TPSA) is 138 Å². The van der Waals surface area contributed by atoms with Gasteiger partial charge in [-0.1, -0.05) is 12.8 Å². The molecule has 2 aromatic rings. The number of ether oxygens (including phenoxy) is 1. The van der Waals surface area contributed by atoms with Crippen LogP contribution in [0.5, 0.6) is 5.75 Å². The van der Waals surface area contributed by atoms with Crippen molar-refractivity contribution in [3.63, 3.8) is 0 Å². The van der Waals surface area contributed by atoms with Crippen LogP contribution in [0, 0.1) is 26.7 Å². The molecule has 1 aliphatic heterocycles. The molecule has 2 atom stereocenters. The molecular weight excluding hydrogens is 478 g/mol. The van der Waals surface area contributed by atoms with Crippen molar-refractivity contribution in [2.45, 2.75) is 58.5 Å². The molecule has 4 rings (SSSR count). The number of hydrogen-bond acceptors (Lipinski definition) is 7. The van der Waals surface area contributed by atoms with Crippen LogP contribution in [-0.4, -0.2) is 66.1 Å². The molecule has 1 saturated carbocycles. The Kier molecular flexibility index (Phi) is 7.87. The minimum atomic E-state index is -0.666. The van der Waals surface area contributed by atoms with Crippen LogP contribution in [0.4, 0.5) is 0 Å². The lowest BCUT2D eigenvalue weighted by atomic mass is 9.71. The first-order chi connectivity index (χ1) is 17.6. The summed E-state index contributed by atoms with van der Waals surface area (Å²) in [4.78, 5) is 50.8. The molecule has 3 amide bonds. The van der Waals surface area contributed by atoms with Crippen molar-refractivity contribution >= 4 is 28.7 Å². The number of hydrogen-bond donors (Lipinski definition) is 3. The number of rotatable bonds is 7. The van der Waals surface area contributed by atoms with E-state index in [0.29, 0.717) is 47.4 Å². The highest BCUT2D eigenvalue weighted by Gasteiger charge is 2.43. The van der Waals surface area contributed by atoms with Crippen molar-refractivity contribution in [3.8, 4) is 5.75 Å². The molecule has 2 heterocycles. The summed E-state index contributed by atoms with van der Waals surface area (Å²) in [7, 11) is 0. The third-order valence-electron chi connectivity index (χ3n) is 7.68. The number of fused-ring (bicyclic) bond motifs is 2. The smallest absolute Gasteiger partial charge is 0.339 e. The number of benzene rings is 1. The molecule has 2 aliphatic rings. The van der Waals surface area contributed by atoms with E-state index < -0.39 is 23.0 Å². The van der Waals surface area contributed by atoms with Gasteiger partial charge in [0.1, 0.15) is 11.3 Å². The number of likely N-dealkylation sites (tertiary alicyclic amines) is 1. The second-order valence-corrected chi connectivity index (χ2v) is 10.3. The van der Waals surface area contributed by atoms with Crippen molar-refractivity contribution in [1.82, 2.24) is 15.5 Å². The third kappa shape index (κ3) is 5.95. The lowest BCUT2D eigenvalue weighted by Gasteiger charge is -2.47. The van der Waals surface area contributed by atoms with Gasteiger partial charge in [-0.05, 0) is 63.3 Å². The first-order valence-electron chi connectivity index (χ1n) is 12.8. The Labute approximate surface area is 215 Å². The Morgan fingerprint density at radius 3 is 2.62 bits per heavy atom. The fraction of sp³-hybridized carbons (Fsp3) is 0.556.